The van der Waals surface area contributed by atoms with Crippen molar-refractivity contribution in [3.63, 3.8) is 0 Å². The third kappa shape index (κ3) is 26.2. The Morgan fingerprint density at radius 2 is 0.800 bits per heavy atom. The molecule has 0 radical (unpaired) electrons. The smallest absolute Gasteiger partial charge is 0.111 e. The van der Waals surface area contributed by atoms with Gasteiger partial charge in [-0.2, -0.15) is 0 Å². The normalized spacial score (nSPS) is 9.82. The standard InChI is InChI=1S/C21H30N4S3.3NO3/c1-4-19(26-13-1)16-22-7-10-25(11-8-23-17-20-5-2-14-27-20)12-9-24-18-21-6-3-15-28-21;3*2-1(3)4/h1-6,13-15,22-24H,7-12,16-18H2;;;/q;3*-1/p+3. The minimum Gasteiger partial charge on any atom is -0.356 e. The molecule has 0 aliphatic carbocycles. The molecule has 19 heteroatoms. The third-order valence-corrected chi connectivity index (χ3v) is 7.42. The van der Waals surface area contributed by atoms with E-state index < -0.39 is 15.3 Å². The third-order valence-electron chi connectivity index (χ3n) is 4.73. The molecule has 0 atom stereocenters. The molecule has 0 amide bonds. The Hall–Kier alpha value is -3.46. The second kappa shape index (κ2) is 24.6. The summed E-state index contributed by atoms with van der Waals surface area (Å²) < 4.78 is 0. The summed E-state index contributed by atoms with van der Waals surface area (Å²) in [6.45, 7) is 10.4. The molecule has 0 unspecified atom stereocenters. The van der Waals surface area contributed by atoms with Gasteiger partial charge in [0.05, 0.1) is 49.5 Å². The lowest BCUT2D eigenvalue weighted by molar-refractivity contribution is -0.678. The lowest BCUT2D eigenvalue weighted by Gasteiger charge is -2.19. The first kappa shape index (κ1) is 36.5. The Morgan fingerprint density at radius 1 is 0.550 bits per heavy atom. The van der Waals surface area contributed by atoms with E-state index in [-0.39, 0.29) is 0 Å². The number of nitrogens with two attached hydrogens (primary N) is 3. The van der Waals surface area contributed by atoms with Crippen LogP contribution in [0.3, 0.4) is 0 Å². The number of hydrogen-bond acceptors (Lipinski definition) is 13. The minimum absolute atomic E-state index is 1.11. The van der Waals surface area contributed by atoms with E-state index in [4.69, 9.17) is 46.0 Å². The average Bonchev–Trinajstić information content (AvgIpc) is 3.65. The Bertz CT molecular complexity index is 870. The topological polar surface area (TPSA) is 252 Å². The van der Waals surface area contributed by atoms with Crippen LogP contribution in [-0.2, 0) is 19.6 Å². The molecule has 0 bridgehead atoms. The van der Waals surface area contributed by atoms with E-state index in [2.05, 4.69) is 73.4 Å². The van der Waals surface area contributed by atoms with Gasteiger partial charge in [-0.25, -0.2) is 0 Å². The molecule has 6 N–H and O–H groups in total. The quantitative estimate of drug-likeness (QED) is 0.116. The molecule has 16 nitrogen and oxygen atoms in total. The van der Waals surface area contributed by atoms with E-state index in [1.54, 1.807) is 0 Å². The molecule has 224 valence electrons. The van der Waals surface area contributed by atoms with Crippen molar-refractivity contribution in [2.24, 2.45) is 0 Å². The van der Waals surface area contributed by atoms with Crippen LogP contribution in [0, 0.1) is 46.0 Å². The summed E-state index contributed by atoms with van der Waals surface area (Å²) in [6.07, 6.45) is 0. The molecule has 0 aromatic carbocycles. The van der Waals surface area contributed by atoms with Crippen LogP contribution in [0.1, 0.15) is 14.6 Å². The Balaban J connectivity index is 0.00000107. The van der Waals surface area contributed by atoms with E-state index in [0.29, 0.717) is 0 Å². The van der Waals surface area contributed by atoms with Crippen LogP contribution >= 0.6 is 34.0 Å². The summed E-state index contributed by atoms with van der Waals surface area (Å²) in [5.41, 5.74) is 0. The molecule has 0 spiro atoms. The van der Waals surface area contributed by atoms with Crippen LogP contribution < -0.4 is 16.0 Å². The van der Waals surface area contributed by atoms with Crippen LogP contribution in [0.5, 0.6) is 0 Å². The summed E-state index contributed by atoms with van der Waals surface area (Å²) in [7, 11) is 0. The Labute approximate surface area is 241 Å². The molecule has 0 saturated carbocycles. The molecule has 0 aliphatic heterocycles. The van der Waals surface area contributed by atoms with Crippen molar-refractivity contribution in [3.05, 3.63) is 113 Å². The van der Waals surface area contributed by atoms with Gasteiger partial charge in [-0.1, -0.05) is 18.2 Å². The highest BCUT2D eigenvalue weighted by atomic mass is 32.1. The van der Waals surface area contributed by atoms with Gasteiger partial charge in [-0.15, -0.1) is 34.0 Å². The maximum absolute atomic E-state index is 8.25. The van der Waals surface area contributed by atoms with Crippen molar-refractivity contribution < 1.29 is 31.2 Å². The van der Waals surface area contributed by atoms with Crippen molar-refractivity contribution in [3.8, 4) is 0 Å². The highest BCUT2D eigenvalue weighted by Crippen LogP contribution is 2.06. The molecule has 0 fully saturated rings. The maximum atomic E-state index is 8.25. The fraction of sp³-hybridized carbons (Fsp3) is 0.429. The highest BCUT2D eigenvalue weighted by Gasteiger charge is 2.09. The highest BCUT2D eigenvalue weighted by molar-refractivity contribution is 7.10. The first-order valence-electron chi connectivity index (χ1n) is 11.8. The van der Waals surface area contributed by atoms with Gasteiger partial charge in [-0.3, -0.25) is 4.90 Å². The van der Waals surface area contributed by atoms with Gasteiger partial charge in [0.1, 0.15) is 19.6 Å². The number of hydrogen-bond donors (Lipinski definition) is 3. The SMILES string of the molecule is O=[N+]([O-])[O-].O=[N+]([O-])[O-].O=[N+]([O-])[O-].c1csc(C[NH2+]CCN(CC[NH2+]Cc2cccs2)CC[NH2+]Cc2cccs2)c1. The van der Waals surface area contributed by atoms with Crippen molar-refractivity contribution in [2.75, 3.05) is 39.3 Å². The Kier molecular flexibility index (Phi) is 22.4. The molecule has 3 heterocycles. The second-order valence-electron chi connectivity index (χ2n) is 7.59. The van der Waals surface area contributed by atoms with E-state index >= 15 is 0 Å². The summed E-state index contributed by atoms with van der Waals surface area (Å²) in [5.74, 6) is 0. The number of nitrogens with zero attached hydrogens (tertiary/aromatic N) is 4. The molecule has 40 heavy (non-hydrogen) atoms. The van der Waals surface area contributed by atoms with Crippen molar-refractivity contribution in [1.29, 1.82) is 0 Å². The van der Waals surface area contributed by atoms with Crippen molar-refractivity contribution in [1.82, 2.24) is 4.90 Å². The lowest BCUT2D eigenvalue weighted by Crippen LogP contribution is -2.86. The van der Waals surface area contributed by atoms with Crippen LogP contribution in [0.2, 0.25) is 0 Å². The van der Waals surface area contributed by atoms with Crippen LogP contribution in [0.4, 0.5) is 0 Å². The fourth-order valence-electron chi connectivity index (χ4n) is 3.18. The monoisotopic (exact) mass is 623 g/mol. The molecular weight excluding hydrogens is 590 g/mol. The molecule has 3 rings (SSSR count). The Morgan fingerprint density at radius 3 is 1.00 bits per heavy atom. The largest absolute Gasteiger partial charge is 0.356 e. The molecular formula is C21H33N7O9S3. The predicted molar refractivity (Wildman–Crippen MR) is 152 cm³/mol. The first-order valence-corrected chi connectivity index (χ1v) is 14.4. The average molecular weight is 624 g/mol. The van der Waals surface area contributed by atoms with Gasteiger partial charge >= 0.3 is 0 Å². The molecule has 0 aliphatic rings. The van der Waals surface area contributed by atoms with E-state index in [1.807, 2.05) is 34.0 Å². The summed E-state index contributed by atoms with van der Waals surface area (Å²) in [6, 6.07) is 13.1. The summed E-state index contributed by atoms with van der Waals surface area (Å²) in [5, 5.41) is 58.1. The van der Waals surface area contributed by atoms with E-state index in [1.165, 1.54) is 53.9 Å². The minimum atomic E-state index is -1.75. The van der Waals surface area contributed by atoms with Gasteiger partial charge in [-0.05, 0) is 34.3 Å². The van der Waals surface area contributed by atoms with Gasteiger partial charge in [0, 0.05) is 19.6 Å². The zero-order valence-corrected chi connectivity index (χ0v) is 23.9. The maximum Gasteiger partial charge on any atom is 0.111 e. The number of quaternary nitrogens is 3. The second-order valence-corrected chi connectivity index (χ2v) is 10.7. The fourth-order valence-corrected chi connectivity index (χ4v) is 5.29. The number of rotatable bonds is 15. The van der Waals surface area contributed by atoms with Gasteiger partial charge < -0.3 is 61.9 Å². The summed E-state index contributed by atoms with van der Waals surface area (Å²) >= 11 is 5.58. The summed E-state index contributed by atoms with van der Waals surface area (Å²) in [4.78, 5) is 31.8. The van der Waals surface area contributed by atoms with Crippen molar-refractivity contribution >= 4 is 34.0 Å². The van der Waals surface area contributed by atoms with Gasteiger partial charge in [0.2, 0.25) is 0 Å². The van der Waals surface area contributed by atoms with E-state index in [9.17, 15) is 0 Å². The van der Waals surface area contributed by atoms with Crippen LogP contribution in [0.25, 0.3) is 0 Å². The van der Waals surface area contributed by atoms with Crippen molar-refractivity contribution in [2.45, 2.75) is 19.6 Å². The van der Waals surface area contributed by atoms with Crippen LogP contribution in [0.15, 0.2) is 52.5 Å². The lowest BCUT2D eigenvalue weighted by atomic mass is 10.4. The zero-order chi connectivity index (χ0) is 30.0. The zero-order valence-electron chi connectivity index (χ0n) is 21.5. The van der Waals surface area contributed by atoms with E-state index in [0.717, 1.165) is 19.6 Å². The molecule has 0 saturated heterocycles. The number of thiophene rings is 3. The molecule has 3 aromatic rings. The van der Waals surface area contributed by atoms with Gasteiger partial charge in [0.15, 0.2) is 0 Å². The predicted octanol–water partition coefficient (Wildman–Crippen LogP) is 0.0464. The van der Waals surface area contributed by atoms with Gasteiger partial charge in [0.25, 0.3) is 0 Å². The first-order chi connectivity index (χ1) is 19.1. The van der Waals surface area contributed by atoms with Crippen LogP contribution in [-0.4, -0.2) is 59.4 Å². The molecule has 3 aromatic heterocycles.